The molecule has 3 nitrogen and oxygen atoms in total. The average molecular weight is 594 g/mol. The molecule has 3 aromatic rings. The van der Waals surface area contributed by atoms with Crippen molar-refractivity contribution in [3.63, 3.8) is 0 Å². The molecule has 4 rings (SSSR count). The van der Waals surface area contributed by atoms with Crippen LogP contribution in [0, 0.1) is 32.6 Å². The smallest absolute Gasteiger partial charge is 0.101 e. The van der Waals surface area contributed by atoms with Crippen molar-refractivity contribution in [3.05, 3.63) is 121 Å². The molecule has 1 aliphatic rings. The molecule has 0 spiro atoms. The van der Waals surface area contributed by atoms with Gasteiger partial charge >= 0.3 is 0 Å². The molecule has 35 heavy (non-hydrogen) atoms. The molecular weight excluding hydrogens is 560 g/mol. The van der Waals surface area contributed by atoms with E-state index in [4.69, 9.17) is 0 Å². The molecule has 5 radical (unpaired) electrons. The fraction of sp³-hybridized carbons (Fsp3) is 0.241. The third kappa shape index (κ3) is 10.6. The van der Waals surface area contributed by atoms with Gasteiger partial charge in [-0.05, 0) is 95.1 Å². The van der Waals surface area contributed by atoms with Gasteiger partial charge in [-0.2, -0.15) is 0 Å². The first-order valence-corrected chi connectivity index (χ1v) is 14.7. The Hall–Kier alpha value is -1.38. The van der Waals surface area contributed by atoms with Gasteiger partial charge in [0.2, 0.25) is 0 Å². The maximum atomic E-state index is 12.4. The van der Waals surface area contributed by atoms with Crippen LogP contribution in [0.25, 0.3) is 4.72 Å². The number of aryl methyl sites for hydroxylation is 1. The number of rotatable bonds is 7. The number of hydrogen-bond acceptors (Lipinski definition) is 2. The second-order valence-electron chi connectivity index (χ2n) is 8.06. The SMILES string of the molecule is Cc1ccc(S(=O)(=O)[N-]CCP(c2ccccc2)c2ccccc2)cc1.[CH]1[CH]CC[CH][CH]CC1.[Rh]. The van der Waals surface area contributed by atoms with E-state index in [1.807, 2.05) is 43.3 Å². The Kier molecular flexibility index (Phi) is 14.0. The van der Waals surface area contributed by atoms with E-state index >= 15 is 0 Å². The third-order valence-electron chi connectivity index (χ3n) is 5.37. The quantitative estimate of drug-likeness (QED) is 0.230. The van der Waals surface area contributed by atoms with Crippen LogP contribution >= 0.6 is 7.92 Å². The number of nitrogens with zero attached hydrogens (tertiary/aromatic N) is 1. The van der Waals surface area contributed by atoms with Gasteiger partial charge in [0.05, 0.1) is 0 Å². The summed E-state index contributed by atoms with van der Waals surface area (Å²) in [6.45, 7) is 2.21. The van der Waals surface area contributed by atoms with Gasteiger partial charge in [0, 0.05) is 24.4 Å². The Morgan fingerprint density at radius 3 is 1.54 bits per heavy atom. The molecule has 0 unspecified atom stereocenters. The predicted molar refractivity (Wildman–Crippen MR) is 146 cm³/mol. The van der Waals surface area contributed by atoms with Gasteiger partial charge in [0.1, 0.15) is 10.0 Å². The Balaban J connectivity index is 0.000000409. The van der Waals surface area contributed by atoms with Gasteiger partial charge in [0.25, 0.3) is 0 Å². The fourth-order valence-electron chi connectivity index (χ4n) is 3.53. The van der Waals surface area contributed by atoms with Crippen molar-refractivity contribution >= 4 is 28.6 Å². The van der Waals surface area contributed by atoms with Gasteiger partial charge in [0.15, 0.2) is 0 Å². The number of benzene rings is 3. The molecule has 0 heterocycles. The molecular formula is C29H33NO2PRhS-. The summed E-state index contributed by atoms with van der Waals surface area (Å²) < 4.78 is 28.9. The molecule has 1 aliphatic carbocycles. The van der Waals surface area contributed by atoms with Gasteiger partial charge in [-0.15, -0.1) is 6.54 Å². The van der Waals surface area contributed by atoms with E-state index in [1.54, 1.807) is 24.3 Å². The maximum absolute atomic E-state index is 12.4. The monoisotopic (exact) mass is 593 g/mol. The van der Waals surface area contributed by atoms with Crippen molar-refractivity contribution in [2.24, 2.45) is 0 Å². The predicted octanol–water partition coefficient (Wildman–Crippen LogP) is 6.57. The first kappa shape index (κ1) is 29.9. The van der Waals surface area contributed by atoms with Gasteiger partial charge in [-0.1, -0.05) is 78.4 Å². The largest absolute Gasteiger partial charge is 0.544 e. The maximum Gasteiger partial charge on any atom is 0.101 e. The normalized spacial score (nSPS) is 14.1. The summed E-state index contributed by atoms with van der Waals surface area (Å²) in [5.74, 6) is 0. The van der Waals surface area contributed by atoms with Gasteiger partial charge < -0.3 is 4.72 Å². The summed E-state index contributed by atoms with van der Waals surface area (Å²) in [5.41, 5.74) is 1.03. The molecule has 0 amide bonds. The fourth-order valence-corrected chi connectivity index (χ4v) is 6.80. The second-order valence-corrected chi connectivity index (χ2v) is 12.1. The third-order valence-corrected chi connectivity index (χ3v) is 9.25. The van der Waals surface area contributed by atoms with Crippen LogP contribution in [0.3, 0.4) is 0 Å². The summed E-state index contributed by atoms with van der Waals surface area (Å²) in [7, 11) is -4.24. The second kappa shape index (κ2) is 16.4. The molecule has 187 valence electrons. The van der Waals surface area contributed by atoms with E-state index in [-0.39, 0.29) is 30.9 Å². The number of sulfonamides is 1. The minimum absolute atomic E-state index is 0. The summed E-state index contributed by atoms with van der Waals surface area (Å²) in [4.78, 5) is 0.256. The Bertz CT molecular complexity index is 997. The minimum atomic E-state index is -3.60. The molecule has 0 bridgehead atoms. The van der Waals surface area contributed by atoms with Crippen molar-refractivity contribution in [2.45, 2.75) is 37.5 Å². The zero-order valence-corrected chi connectivity index (χ0v) is 23.4. The van der Waals surface area contributed by atoms with Crippen LogP contribution < -0.4 is 10.6 Å². The Morgan fingerprint density at radius 2 is 1.11 bits per heavy atom. The molecule has 1 fully saturated rings. The molecule has 1 saturated carbocycles. The van der Waals surface area contributed by atoms with E-state index in [1.165, 1.54) is 36.3 Å². The van der Waals surface area contributed by atoms with Crippen LogP contribution in [0.1, 0.15) is 31.2 Å². The molecule has 0 N–H and O–H groups in total. The Morgan fingerprint density at radius 1 is 0.686 bits per heavy atom. The van der Waals surface area contributed by atoms with Gasteiger partial charge in [-0.25, -0.2) is 8.42 Å². The van der Waals surface area contributed by atoms with Gasteiger partial charge in [-0.3, -0.25) is 0 Å². The minimum Gasteiger partial charge on any atom is -0.544 e. The molecule has 0 aliphatic heterocycles. The van der Waals surface area contributed by atoms with E-state index in [0.29, 0.717) is 6.16 Å². The van der Waals surface area contributed by atoms with Crippen molar-refractivity contribution < 1.29 is 27.9 Å². The topological polar surface area (TPSA) is 48.2 Å². The summed E-state index contributed by atoms with van der Waals surface area (Å²) in [6.07, 6.45) is 14.7. The van der Waals surface area contributed by atoms with Crippen LogP contribution in [0.15, 0.2) is 89.8 Å². The molecule has 0 saturated heterocycles. The van der Waals surface area contributed by atoms with Crippen molar-refractivity contribution in [1.29, 1.82) is 0 Å². The summed E-state index contributed by atoms with van der Waals surface area (Å²) >= 11 is 0. The average Bonchev–Trinajstić information content (AvgIpc) is 2.83. The zero-order valence-electron chi connectivity index (χ0n) is 20.1. The van der Waals surface area contributed by atoms with Crippen LogP contribution in [-0.2, 0) is 29.5 Å². The number of hydrogen-bond donors (Lipinski definition) is 0. The van der Waals surface area contributed by atoms with Crippen molar-refractivity contribution in [3.8, 4) is 0 Å². The standard InChI is InChI=1S/C21H21NO2PS.C8H12.Rh/c1-18-12-14-21(15-13-18)26(23,24)22-16-17-25(19-8-4-2-5-9-19)20-10-6-3-7-11-20;1-2-4-6-8-7-5-3-1;/h2-15H,16-17H2,1H3;1-2,7-8H,3-6H2;/q-1;;. The van der Waals surface area contributed by atoms with E-state index in [2.05, 4.69) is 54.7 Å². The van der Waals surface area contributed by atoms with Crippen LogP contribution in [0.5, 0.6) is 0 Å². The first-order chi connectivity index (χ1) is 16.6. The summed E-state index contributed by atoms with van der Waals surface area (Å²) in [6, 6.07) is 27.3. The molecule has 0 aromatic heterocycles. The zero-order chi connectivity index (χ0) is 24.1. The van der Waals surface area contributed by atoms with Crippen LogP contribution in [0.2, 0.25) is 0 Å². The molecule has 3 aromatic carbocycles. The Labute approximate surface area is 226 Å². The van der Waals surface area contributed by atoms with E-state index in [9.17, 15) is 8.42 Å². The molecule has 6 heteroatoms. The first-order valence-electron chi connectivity index (χ1n) is 11.7. The van der Waals surface area contributed by atoms with E-state index in [0.717, 1.165) is 5.56 Å². The van der Waals surface area contributed by atoms with Crippen molar-refractivity contribution in [1.82, 2.24) is 0 Å². The molecule has 0 atom stereocenters. The van der Waals surface area contributed by atoms with E-state index < -0.39 is 17.9 Å². The van der Waals surface area contributed by atoms with Crippen LogP contribution in [0.4, 0.5) is 0 Å². The van der Waals surface area contributed by atoms with Crippen molar-refractivity contribution in [2.75, 3.05) is 12.7 Å². The van der Waals surface area contributed by atoms with Crippen LogP contribution in [-0.4, -0.2) is 21.1 Å². The summed E-state index contributed by atoms with van der Waals surface area (Å²) in [5, 5.41) is 2.47.